The van der Waals surface area contributed by atoms with E-state index in [1.54, 1.807) is 6.20 Å². The molecule has 2 aliphatic rings. The number of hydrogen-bond acceptors (Lipinski definition) is 4. The molecule has 24 heavy (non-hydrogen) atoms. The Morgan fingerprint density at radius 2 is 2.04 bits per heavy atom. The molecule has 2 heterocycles. The van der Waals surface area contributed by atoms with Crippen molar-refractivity contribution in [1.29, 1.82) is 0 Å². The van der Waals surface area contributed by atoms with Crippen LogP contribution in [0.3, 0.4) is 0 Å². The summed E-state index contributed by atoms with van der Waals surface area (Å²) in [5, 5.41) is 7.55. The smallest absolute Gasteiger partial charge is 0.288 e. The second-order valence-corrected chi connectivity index (χ2v) is 8.18. The number of carbonyl (C=O) groups is 1. The SMILES string of the molecule is CC(C)(C)n1ncc(N2CCCC(C(=O)NC3CC3)C2)c(Cl)c1=O. The lowest BCUT2D eigenvalue weighted by molar-refractivity contribution is -0.125. The first-order valence-electron chi connectivity index (χ1n) is 8.61. The van der Waals surface area contributed by atoms with E-state index in [0.717, 1.165) is 32.2 Å². The third-order valence-corrected chi connectivity index (χ3v) is 4.95. The van der Waals surface area contributed by atoms with E-state index in [9.17, 15) is 9.59 Å². The van der Waals surface area contributed by atoms with Gasteiger partial charge in [-0.05, 0) is 46.5 Å². The molecule has 1 unspecified atom stereocenters. The quantitative estimate of drug-likeness (QED) is 0.905. The largest absolute Gasteiger partial charge is 0.368 e. The van der Waals surface area contributed by atoms with Gasteiger partial charge in [-0.3, -0.25) is 9.59 Å². The van der Waals surface area contributed by atoms with E-state index in [2.05, 4.69) is 10.4 Å². The van der Waals surface area contributed by atoms with Crippen LogP contribution in [-0.4, -0.2) is 34.8 Å². The van der Waals surface area contributed by atoms with Gasteiger partial charge in [0.2, 0.25) is 5.91 Å². The molecule has 1 N–H and O–H groups in total. The molecule has 1 saturated carbocycles. The fourth-order valence-corrected chi connectivity index (χ4v) is 3.33. The summed E-state index contributed by atoms with van der Waals surface area (Å²) in [5.74, 6) is 0.0646. The van der Waals surface area contributed by atoms with Crippen LogP contribution in [0.15, 0.2) is 11.0 Å². The number of hydrogen-bond donors (Lipinski definition) is 1. The van der Waals surface area contributed by atoms with Crippen molar-refractivity contribution in [2.75, 3.05) is 18.0 Å². The molecule has 0 aromatic carbocycles. The highest BCUT2D eigenvalue weighted by atomic mass is 35.5. The highest BCUT2D eigenvalue weighted by Gasteiger charge is 2.31. The fraction of sp³-hybridized carbons (Fsp3) is 0.706. The molecule has 1 atom stereocenters. The minimum absolute atomic E-state index is 0.0551. The summed E-state index contributed by atoms with van der Waals surface area (Å²) in [6, 6.07) is 0.369. The van der Waals surface area contributed by atoms with Crippen LogP contribution >= 0.6 is 11.6 Å². The van der Waals surface area contributed by atoms with Crippen molar-refractivity contribution < 1.29 is 4.79 Å². The molecule has 1 aliphatic heterocycles. The zero-order valence-corrected chi connectivity index (χ0v) is 15.3. The van der Waals surface area contributed by atoms with Crippen molar-refractivity contribution >= 4 is 23.2 Å². The Kier molecular flexibility index (Phi) is 4.60. The third kappa shape index (κ3) is 3.58. The van der Waals surface area contributed by atoms with Crippen molar-refractivity contribution in [2.45, 2.75) is 58.0 Å². The normalized spacial score (nSPS) is 21.7. The van der Waals surface area contributed by atoms with Crippen LogP contribution in [0, 0.1) is 5.92 Å². The zero-order valence-electron chi connectivity index (χ0n) is 14.5. The first-order chi connectivity index (χ1) is 11.3. The lowest BCUT2D eigenvalue weighted by Crippen LogP contribution is -2.44. The number of nitrogens with zero attached hydrogens (tertiary/aromatic N) is 3. The maximum absolute atomic E-state index is 12.5. The highest BCUT2D eigenvalue weighted by Crippen LogP contribution is 2.28. The van der Waals surface area contributed by atoms with Gasteiger partial charge in [-0.1, -0.05) is 11.6 Å². The molecule has 1 saturated heterocycles. The van der Waals surface area contributed by atoms with Crippen LogP contribution in [0.5, 0.6) is 0 Å². The van der Waals surface area contributed by atoms with E-state index in [0.29, 0.717) is 18.3 Å². The number of carbonyl (C=O) groups excluding carboxylic acids is 1. The molecule has 132 valence electrons. The molecule has 0 radical (unpaired) electrons. The molecule has 2 fully saturated rings. The van der Waals surface area contributed by atoms with E-state index < -0.39 is 5.54 Å². The standard InChI is InChI=1S/C17H25ClN4O2/c1-17(2,3)22-16(24)14(18)13(9-19-22)21-8-4-5-11(10-21)15(23)20-12-6-7-12/h9,11-12H,4-8,10H2,1-3H3,(H,20,23). The van der Waals surface area contributed by atoms with Crippen LogP contribution in [0.2, 0.25) is 5.02 Å². The number of rotatable bonds is 3. The summed E-state index contributed by atoms with van der Waals surface area (Å²) in [6.45, 7) is 7.11. The zero-order chi connectivity index (χ0) is 17.5. The van der Waals surface area contributed by atoms with Crippen LogP contribution in [0.1, 0.15) is 46.5 Å². The first-order valence-corrected chi connectivity index (χ1v) is 8.99. The molecule has 1 aromatic rings. The van der Waals surface area contributed by atoms with Gasteiger partial charge in [-0.25, -0.2) is 4.68 Å². The number of anilines is 1. The average Bonchev–Trinajstić information content (AvgIpc) is 3.32. The maximum Gasteiger partial charge on any atom is 0.288 e. The molecule has 3 rings (SSSR count). The van der Waals surface area contributed by atoms with Crippen molar-refractivity contribution in [3.63, 3.8) is 0 Å². The van der Waals surface area contributed by atoms with E-state index >= 15 is 0 Å². The molecule has 6 nitrogen and oxygen atoms in total. The molecular formula is C17H25ClN4O2. The third-order valence-electron chi connectivity index (χ3n) is 4.59. The van der Waals surface area contributed by atoms with Gasteiger partial charge in [0.25, 0.3) is 5.56 Å². The van der Waals surface area contributed by atoms with E-state index in [1.807, 2.05) is 25.7 Å². The monoisotopic (exact) mass is 352 g/mol. The number of halogens is 1. The summed E-state index contributed by atoms with van der Waals surface area (Å²) < 4.78 is 1.40. The van der Waals surface area contributed by atoms with Crippen molar-refractivity contribution in [2.24, 2.45) is 5.92 Å². The Morgan fingerprint density at radius 3 is 2.67 bits per heavy atom. The molecular weight excluding hydrogens is 328 g/mol. The Bertz CT molecular complexity index is 691. The molecule has 1 aromatic heterocycles. The predicted octanol–water partition coefficient (Wildman–Crippen LogP) is 2.15. The second-order valence-electron chi connectivity index (χ2n) is 7.80. The van der Waals surface area contributed by atoms with Crippen molar-refractivity contribution in [3.05, 3.63) is 21.6 Å². The topological polar surface area (TPSA) is 67.2 Å². The van der Waals surface area contributed by atoms with Gasteiger partial charge >= 0.3 is 0 Å². The minimum atomic E-state index is -0.423. The molecule has 7 heteroatoms. The van der Waals surface area contributed by atoms with Gasteiger partial charge in [0, 0.05) is 19.1 Å². The van der Waals surface area contributed by atoms with Crippen LogP contribution in [-0.2, 0) is 10.3 Å². The van der Waals surface area contributed by atoms with E-state index in [4.69, 9.17) is 11.6 Å². The number of piperidine rings is 1. The van der Waals surface area contributed by atoms with Crippen LogP contribution < -0.4 is 15.8 Å². The van der Waals surface area contributed by atoms with Gasteiger partial charge < -0.3 is 10.2 Å². The number of amides is 1. The van der Waals surface area contributed by atoms with Gasteiger partial charge in [0.1, 0.15) is 5.02 Å². The van der Waals surface area contributed by atoms with Crippen molar-refractivity contribution in [3.8, 4) is 0 Å². The molecule has 1 aliphatic carbocycles. The van der Waals surface area contributed by atoms with Crippen LogP contribution in [0.25, 0.3) is 0 Å². The van der Waals surface area contributed by atoms with Gasteiger partial charge in [0.05, 0.1) is 23.3 Å². The summed E-state index contributed by atoms with van der Waals surface area (Å²) in [5.41, 5.74) is -0.0780. The molecule has 0 bridgehead atoms. The minimum Gasteiger partial charge on any atom is -0.368 e. The number of nitrogens with one attached hydrogen (secondary N) is 1. The first kappa shape index (κ1) is 17.3. The maximum atomic E-state index is 12.5. The van der Waals surface area contributed by atoms with Crippen molar-refractivity contribution in [1.82, 2.24) is 15.1 Å². The lowest BCUT2D eigenvalue weighted by Gasteiger charge is -2.34. The predicted molar refractivity (Wildman–Crippen MR) is 94.6 cm³/mol. The lowest BCUT2D eigenvalue weighted by atomic mass is 9.96. The van der Waals surface area contributed by atoms with E-state index in [1.165, 1.54) is 4.68 Å². The van der Waals surface area contributed by atoms with Gasteiger partial charge in [-0.2, -0.15) is 5.10 Å². The van der Waals surface area contributed by atoms with E-state index in [-0.39, 0.29) is 22.4 Å². The second kappa shape index (κ2) is 6.39. The Labute approximate surface area is 147 Å². The van der Waals surface area contributed by atoms with Crippen LogP contribution in [0.4, 0.5) is 5.69 Å². The van der Waals surface area contributed by atoms with Gasteiger partial charge in [-0.15, -0.1) is 0 Å². The average molecular weight is 353 g/mol. The van der Waals surface area contributed by atoms with Gasteiger partial charge in [0.15, 0.2) is 0 Å². The summed E-state index contributed by atoms with van der Waals surface area (Å²) in [6.07, 6.45) is 5.60. The Balaban J connectivity index is 1.79. The highest BCUT2D eigenvalue weighted by molar-refractivity contribution is 6.33. The summed E-state index contributed by atoms with van der Waals surface area (Å²) in [4.78, 5) is 26.8. The summed E-state index contributed by atoms with van der Waals surface area (Å²) >= 11 is 6.34. The summed E-state index contributed by atoms with van der Waals surface area (Å²) in [7, 11) is 0. The fourth-order valence-electron chi connectivity index (χ4n) is 3.08. The molecule has 0 spiro atoms. The Morgan fingerprint density at radius 1 is 1.33 bits per heavy atom. The molecule has 1 amide bonds. The Hall–Kier alpha value is -1.56. The number of aromatic nitrogens is 2.